The minimum atomic E-state index is 0.365. The van der Waals surface area contributed by atoms with Gasteiger partial charge in [0.25, 0.3) is 0 Å². The molecule has 2 aromatic heterocycles. The molecule has 0 spiro atoms. The largest absolute Gasteiger partial charge is 0.192 e. The van der Waals surface area contributed by atoms with E-state index in [4.69, 9.17) is 0 Å². The molecule has 2 heterocycles. The Balaban J connectivity index is 1.52. The Bertz CT molecular complexity index is 2570. The van der Waals surface area contributed by atoms with Crippen LogP contribution in [0.5, 0.6) is 0 Å². The highest BCUT2D eigenvalue weighted by Crippen LogP contribution is 2.46. The molecule has 0 saturated heterocycles. The van der Waals surface area contributed by atoms with Gasteiger partial charge in [-0.1, -0.05) is 78.9 Å². The quantitative estimate of drug-likeness (QED) is 0.205. The summed E-state index contributed by atoms with van der Waals surface area (Å²) in [4.78, 5) is 0. The van der Waals surface area contributed by atoms with Crippen molar-refractivity contribution in [3.63, 3.8) is 0 Å². The summed E-state index contributed by atoms with van der Waals surface area (Å²) < 4.78 is 4.65. The molecule has 8 rings (SSSR count). The van der Waals surface area contributed by atoms with Crippen molar-refractivity contribution < 1.29 is 0 Å². The molecule has 0 aliphatic heterocycles. The topological polar surface area (TPSA) is 71.4 Å². The van der Waals surface area contributed by atoms with Crippen LogP contribution in [-0.4, -0.2) is 0 Å². The molecule has 202 valence electrons. The van der Waals surface area contributed by atoms with Gasteiger partial charge in [0.05, 0.1) is 28.8 Å². The molecule has 0 aliphatic rings. The summed E-state index contributed by atoms with van der Waals surface area (Å²) in [6.07, 6.45) is 0. The Labute approximate surface area is 261 Å². The zero-order valence-corrected chi connectivity index (χ0v) is 24.8. The van der Waals surface area contributed by atoms with Crippen LogP contribution in [0, 0.1) is 34.0 Å². The standard InChI is InChI=1S/C39H19N3S2/c40-20-23-8-5-9-24(21-41)37(23)33-19-25(26-12-6-13-29-27-10-1-3-16-35(27)43-38(26)29)18-32(34(33)22-42)31-15-7-14-30-28-11-2-4-17-36(28)44-39(30)31/h1-19H. The molecule has 0 amide bonds. The lowest BCUT2D eigenvalue weighted by Crippen LogP contribution is -1.97. The lowest BCUT2D eigenvalue weighted by molar-refractivity contribution is 1.42. The molecule has 5 heteroatoms. The molecule has 44 heavy (non-hydrogen) atoms. The molecule has 0 saturated carbocycles. The van der Waals surface area contributed by atoms with Crippen molar-refractivity contribution >= 4 is 63.0 Å². The van der Waals surface area contributed by atoms with Crippen molar-refractivity contribution in [3.05, 3.63) is 132 Å². The fraction of sp³-hybridized carbons (Fsp3) is 0. The van der Waals surface area contributed by atoms with E-state index in [0.717, 1.165) is 37.0 Å². The van der Waals surface area contributed by atoms with Crippen molar-refractivity contribution in [3.8, 4) is 51.6 Å². The van der Waals surface area contributed by atoms with E-state index in [9.17, 15) is 15.8 Å². The van der Waals surface area contributed by atoms with Crippen LogP contribution in [0.1, 0.15) is 16.7 Å². The fourth-order valence-corrected chi connectivity index (χ4v) is 8.76. The highest BCUT2D eigenvalue weighted by molar-refractivity contribution is 7.26. The maximum absolute atomic E-state index is 10.8. The Morgan fingerprint density at radius 3 is 1.52 bits per heavy atom. The number of rotatable bonds is 3. The first-order valence-electron chi connectivity index (χ1n) is 14.0. The number of fused-ring (bicyclic) bond motifs is 6. The third-order valence-corrected chi connectivity index (χ3v) is 10.7. The highest BCUT2D eigenvalue weighted by Gasteiger charge is 2.23. The van der Waals surface area contributed by atoms with Gasteiger partial charge in [0.2, 0.25) is 0 Å². The van der Waals surface area contributed by atoms with E-state index in [1.807, 2.05) is 18.2 Å². The predicted molar refractivity (Wildman–Crippen MR) is 183 cm³/mol. The summed E-state index contributed by atoms with van der Waals surface area (Å²) in [6.45, 7) is 0. The molecule has 0 N–H and O–H groups in total. The lowest BCUT2D eigenvalue weighted by Gasteiger charge is -2.17. The Hall–Kier alpha value is -5.77. The van der Waals surface area contributed by atoms with E-state index in [1.165, 1.54) is 25.6 Å². The second-order valence-corrected chi connectivity index (χ2v) is 12.7. The SMILES string of the molecule is N#Cc1cccc(C#N)c1-c1cc(-c2cccc3c2sc2ccccc23)cc(-c2cccc3c2sc2ccccc23)c1C#N. The summed E-state index contributed by atoms with van der Waals surface area (Å²) in [5.74, 6) is 0. The third-order valence-electron chi connectivity index (χ3n) is 8.23. The molecule has 3 nitrogen and oxygen atoms in total. The average molecular weight is 594 g/mol. The summed E-state index contributed by atoms with van der Waals surface area (Å²) in [5.41, 5.74) is 5.97. The van der Waals surface area contributed by atoms with Crippen molar-refractivity contribution in [2.45, 2.75) is 0 Å². The maximum atomic E-state index is 10.8. The maximum Gasteiger partial charge on any atom is 0.100 e. The zero-order valence-electron chi connectivity index (χ0n) is 23.1. The van der Waals surface area contributed by atoms with E-state index < -0.39 is 0 Å². The predicted octanol–water partition coefficient (Wildman–Crippen LogP) is 11.0. The molecular formula is C39H19N3S2. The van der Waals surface area contributed by atoms with Crippen LogP contribution in [0.25, 0.3) is 73.7 Å². The van der Waals surface area contributed by atoms with Gasteiger partial charge < -0.3 is 0 Å². The third kappa shape index (κ3) is 3.84. The normalized spacial score (nSPS) is 11.1. The molecule has 6 aromatic carbocycles. The van der Waals surface area contributed by atoms with Gasteiger partial charge in [0, 0.05) is 62.6 Å². The Morgan fingerprint density at radius 2 is 0.932 bits per heavy atom. The van der Waals surface area contributed by atoms with Crippen molar-refractivity contribution in [1.82, 2.24) is 0 Å². The van der Waals surface area contributed by atoms with Crippen molar-refractivity contribution in [1.29, 1.82) is 15.8 Å². The number of thiophene rings is 2. The van der Waals surface area contributed by atoms with E-state index in [-0.39, 0.29) is 0 Å². The van der Waals surface area contributed by atoms with Gasteiger partial charge in [0.15, 0.2) is 0 Å². The minimum absolute atomic E-state index is 0.365. The molecule has 0 aliphatic carbocycles. The van der Waals surface area contributed by atoms with Gasteiger partial charge >= 0.3 is 0 Å². The molecule has 0 radical (unpaired) electrons. The lowest BCUT2D eigenvalue weighted by atomic mass is 9.85. The van der Waals surface area contributed by atoms with Gasteiger partial charge in [-0.2, -0.15) is 15.8 Å². The molecule has 8 aromatic rings. The van der Waals surface area contributed by atoms with Gasteiger partial charge in [-0.25, -0.2) is 0 Å². The van der Waals surface area contributed by atoms with Gasteiger partial charge in [0.1, 0.15) is 6.07 Å². The summed E-state index contributed by atoms with van der Waals surface area (Å²) in [5, 5.41) is 35.8. The first-order chi connectivity index (χ1) is 21.7. The molecule has 0 unspecified atom stereocenters. The number of nitriles is 3. The van der Waals surface area contributed by atoms with Crippen LogP contribution in [0.15, 0.2) is 115 Å². The average Bonchev–Trinajstić information content (AvgIpc) is 3.66. The molecule has 0 fully saturated rings. The first-order valence-corrected chi connectivity index (χ1v) is 15.7. The smallest absolute Gasteiger partial charge is 0.100 e. The van der Waals surface area contributed by atoms with Crippen LogP contribution in [-0.2, 0) is 0 Å². The molecule has 0 atom stereocenters. The first kappa shape index (κ1) is 25.9. The zero-order chi connectivity index (χ0) is 29.8. The minimum Gasteiger partial charge on any atom is -0.192 e. The summed E-state index contributed by atoms with van der Waals surface area (Å²) in [7, 11) is 0. The second-order valence-electron chi connectivity index (χ2n) is 10.6. The van der Waals surface area contributed by atoms with Crippen LogP contribution >= 0.6 is 22.7 Å². The monoisotopic (exact) mass is 593 g/mol. The molecule has 0 bridgehead atoms. The summed E-state index contributed by atoms with van der Waals surface area (Å²) >= 11 is 3.46. The van der Waals surface area contributed by atoms with E-state index in [1.54, 1.807) is 40.9 Å². The van der Waals surface area contributed by atoms with E-state index in [2.05, 4.69) is 97.1 Å². The van der Waals surface area contributed by atoms with E-state index >= 15 is 0 Å². The Morgan fingerprint density at radius 1 is 0.432 bits per heavy atom. The van der Waals surface area contributed by atoms with Crippen molar-refractivity contribution in [2.75, 3.05) is 0 Å². The number of benzene rings is 6. The second kappa shape index (κ2) is 10.2. The van der Waals surface area contributed by atoms with Crippen LogP contribution in [0.2, 0.25) is 0 Å². The molecular weight excluding hydrogens is 575 g/mol. The highest BCUT2D eigenvalue weighted by atomic mass is 32.1. The van der Waals surface area contributed by atoms with Gasteiger partial charge in [-0.15, -0.1) is 22.7 Å². The van der Waals surface area contributed by atoms with E-state index in [0.29, 0.717) is 27.8 Å². The number of nitrogens with zero attached hydrogens (tertiary/aromatic N) is 3. The summed E-state index contributed by atoms with van der Waals surface area (Å²) in [6, 6.07) is 45.6. The van der Waals surface area contributed by atoms with Gasteiger partial charge in [-0.05, 0) is 47.5 Å². The van der Waals surface area contributed by atoms with Crippen LogP contribution in [0.4, 0.5) is 0 Å². The van der Waals surface area contributed by atoms with Crippen LogP contribution in [0.3, 0.4) is 0 Å². The van der Waals surface area contributed by atoms with Gasteiger partial charge in [-0.3, -0.25) is 0 Å². The fourth-order valence-electron chi connectivity index (χ4n) is 6.29. The van der Waals surface area contributed by atoms with Crippen molar-refractivity contribution in [2.24, 2.45) is 0 Å². The number of hydrogen-bond donors (Lipinski definition) is 0. The van der Waals surface area contributed by atoms with Crippen LogP contribution < -0.4 is 0 Å². The Kier molecular flexibility index (Phi) is 6.00. The number of hydrogen-bond acceptors (Lipinski definition) is 5.